The van der Waals surface area contributed by atoms with Crippen LogP contribution in [0.25, 0.3) is 28.0 Å². The average Bonchev–Trinajstić information content (AvgIpc) is 2.89. The molecule has 0 bridgehead atoms. The van der Waals surface area contributed by atoms with Crippen LogP contribution in [0.15, 0.2) is 85.2 Å². The van der Waals surface area contributed by atoms with Crippen molar-refractivity contribution in [2.24, 2.45) is 0 Å². The first-order valence-corrected chi connectivity index (χ1v) is 12.0. The summed E-state index contributed by atoms with van der Waals surface area (Å²) in [6.07, 6.45) is 2.07. The van der Waals surface area contributed by atoms with Gasteiger partial charge in [0.25, 0.3) is 0 Å². The van der Waals surface area contributed by atoms with Crippen LogP contribution < -0.4 is 20.7 Å². The van der Waals surface area contributed by atoms with E-state index >= 15 is 0 Å². The fourth-order valence-corrected chi connectivity index (χ4v) is 4.63. The minimum absolute atomic E-state index is 0.00261. The summed E-state index contributed by atoms with van der Waals surface area (Å²) in [5, 5.41) is 24.1. The molecule has 2 aromatic heterocycles. The van der Waals surface area contributed by atoms with E-state index in [1.807, 2.05) is 0 Å². The lowest BCUT2D eigenvalue weighted by molar-refractivity contribution is 0.0676. The normalized spacial score (nSPS) is 14.9. The highest BCUT2D eigenvalue weighted by molar-refractivity contribution is 5.88. The molecule has 0 saturated carbocycles. The van der Waals surface area contributed by atoms with Crippen molar-refractivity contribution in [1.82, 2.24) is 0 Å². The average molecular weight is 519 g/mol. The first-order chi connectivity index (χ1) is 18.0. The standard InChI is InChI=1S/C30H30O8/c1-17(2)27(33)21(26-23(36-5)11-7-19-9-13-25(32)38-29(19)26)16-30(3,34)15-14-20-22(35-4)10-6-18-8-12-24(31)37-28(18)20/h6-15,21,27,33-34H,1,16H2,2-5H3. The summed E-state index contributed by atoms with van der Waals surface area (Å²) in [6.45, 7) is 7.17. The van der Waals surface area contributed by atoms with Gasteiger partial charge >= 0.3 is 11.3 Å². The summed E-state index contributed by atoms with van der Waals surface area (Å²) in [5.74, 6) is 0.0908. The molecule has 2 heterocycles. The second-order valence-corrected chi connectivity index (χ2v) is 9.50. The summed E-state index contributed by atoms with van der Waals surface area (Å²) < 4.78 is 22.0. The van der Waals surface area contributed by atoms with Gasteiger partial charge in [0.15, 0.2) is 0 Å². The van der Waals surface area contributed by atoms with Crippen LogP contribution in [0, 0.1) is 0 Å². The van der Waals surface area contributed by atoms with Gasteiger partial charge in [0.05, 0.1) is 31.5 Å². The molecule has 0 fully saturated rings. The van der Waals surface area contributed by atoms with Crippen molar-refractivity contribution in [3.05, 3.63) is 98.7 Å². The van der Waals surface area contributed by atoms with E-state index in [1.165, 1.54) is 26.4 Å². The summed E-state index contributed by atoms with van der Waals surface area (Å²) in [6, 6.07) is 12.9. The van der Waals surface area contributed by atoms with Crippen LogP contribution in [0.4, 0.5) is 0 Å². The number of aliphatic hydroxyl groups excluding tert-OH is 1. The molecule has 198 valence electrons. The maximum Gasteiger partial charge on any atom is 0.336 e. The molecule has 2 aromatic carbocycles. The molecule has 0 amide bonds. The van der Waals surface area contributed by atoms with Gasteiger partial charge in [0.2, 0.25) is 0 Å². The van der Waals surface area contributed by atoms with Gasteiger partial charge < -0.3 is 28.5 Å². The molecule has 0 aliphatic rings. The Morgan fingerprint density at radius 3 is 2.05 bits per heavy atom. The van der Waals surface area contributed by atoms with Crippen molar-refractivity contribution in [2.75, 3.05) is 14.2 Å². The zero-order chi connectivity index (χ0) is 27.6. The van der Waals surface area contributed by atoms with Crippen molar-refractivity contribution < 1.29 is 28.5 Å². The van der Waals surface area contributed by atoms with E-state index in [0.29, 0.717) is 44.6 Å². The second-order valence-electron chi connectivity index (χ2n) is 9.50. The maximum atomic E-state index is 12.1. The molecule has 0 aliphatic carbocycles. The van der Waals surface area contributed by atoms with E-state index in [1.54, 1.807) is 62.4 Å². The van der Waals surface area contributed by atoms with Gasteiger partial charge in [-0.1, -0.05) is 18.2 Å². The van der Waals surface area contributed by atoms with Crippen molar-refractivity contribution >= 4 is 28.0 Å². The molecular formula is C30H30O8. The van der Waals surface area contributed by atoms with Gasteiger partial charge in [-0.2, -0.15) is 0 Å². The summed E-state index contributed by atoms with van der Waals surface area (Å²) >= 11 is 0. The highest BCUT2D eigenvalue weighted by Gasteiger charge is 2.34. The third kappa shape index (κ3) is 5.41. The van der Waals surface area contributed by atoms with Crippen LogP contribution in [-0.2, 0) is 0 Å². The fourth-order valence-electron chi connectivity index (χ4n) is 4.63. The Labute approximate surface area is 219 Å². The Kier molecular flexibility index (Phi) is 7.57. The molecule has 8 heteroatoms. The SMILES string of the molecule is C=C(C)C(O)C(CC(C)(O)C=Cc1c(OC)ccc2ccc(=O)oc12)c1c(OC)ccc2ccc(=O)oc12. The van der Waals surface area contributed by atoms with E-state index in [2.05, 4.69) is 6.58 Å². The molecule has 0 aliphatic heterocycles. The molecule has 4 aromatic rings. The van der Waals surface area contributed by atoms with Gasteiger partial charge in [0.1, 0.15) is 22.7 Å². The summed E-state index contributed by atoms with van der Waals surface area (Å²) in [5.41, 5.74) is -0.586. The molecule has 0 spiro atoms. The summed E-state index contributed by atoms with van der Waals surface area (Å²) in [7, 11) is 2.98. The van der Waals surface area contributed by atoms with Crippen molar-refractivity contribution in [3.63, 3.8) is 0 Å². The van der Waals surface area contributed by atoms with Gasteiger partial charge in [-0.25, -0.2) is 9.59 Å². The molecular weight excluding hydrogens is 488 g/mol. The zero-order valence-corrected chi connectivity index (χ0v) is 21.7. The van der Waals surface area contributed by atoms with E-state index < -0.39 is 28.9 Å². The highest BCUT2D eigenvalue weighted by atomic mass is 16.5. The van der Waals surface area contributed by atoms with Gasteiger partial charge in [0, 0.05) is 34.4 Å². The molecule has 0 radical (unpaired) electrons. The fraction of sp³-hybridized carbons (Fsp3) is 0.267. The Balaban J connectivity index is 1.83. The Morgan fingerprint density at radius 2 is 1.47 bits per heavy atom. The molecule has 4 rings (SSSR count). The Morgan fingerprint density at radius 1 is 0.947 bits per heavy atom. The lowest BCUT2D eigenvalue weighted by atomic mass is 9.80. The zero-order valence-electron chi connectivity index (χ0n) is 21.7. The predicted molar refractivity (Wildman–Crippen MR) is 146 cm³/mol. The number of hydrogen-bond donors (Lipinski definition) is 2. The van der Waals surface area contributed by atoms with Crippen LogP contribution >= 0.6 is 0 Å². The predicted octanol–water partition coefficient (Wildman–Crippen LogP) is 4.79. The van der Waals surface area contributed by atoms with Gasteiger partial charge in [-0.05, 0) is 62.7 Å². The van der Waals surface area contributed by atoms with E-state index in [0.717, 1.165) is 0 Å². The lowest BCUT2D eigenvalue weighted by Crippen LogP contribution is -2.31. The first kappa shape index (κ1) is 26.9. The monoisotopic (exact) mass is 518 g/mol. The van der Waals surface area contributed by atoms with Crippen molar-refractivity contribution in [1.29, 1.82) is 0 Å². The number of ether oxygens (including phenoxy) is 2. The number of benzene rings is 2. The molecule has 3 unspecified atom stereocenters. The largest absolute Gasteiger partial charge is 0.496 e. The molecule has 2 N–H and O–H groups in total. The number of methoxy groups -OCH3 is 2. The quantitative estimate of drug-likeness (QED) is 0.240. The Hall–Kier alpha value is -4.14. The maximum absolute atomic E-state index is 12.1. The van der Waals surface area contributed by atoms with Gasteiger partial charge in [-0.3, -0.25) is 0 Å². The summed E-state index contributed by atoms with van der Waals surface area (Å²) in [4.78, 5) is 24.0. The molecule has 3 atom stereocenters. The second kappa shape index (κ2) is 10.7. The topological polar surface area (TPSA) is 119 Å². The number of fused-ring (bicyclic) bond motifs is 2. The van der Waals surface area contributed by atoms with E-state index in [-0.39, 0.29) is 12.0 Å². The van der Waals surface area contributed by atoms with E-state index in [4.69, 9.17) is 18.3 Å². The molecule has 0 saturated heterocycles. The smallest absolute Gasteiger partial charge is 0.336 e. The third-order valence-corrected chi connectivity index (χ3v) is 6.52. The van der Waals surface area contributed by atoms with Crippen LogP contribution in [-0.4, -0.2) is 36.1 Å². The van der Waals surface area contributed by atoms with Crippen LogP contribution in [0.5, 0.6) is 11.5 Å². The highest BCUT2D eigenvalue weighted by Crippen LogP contribution is 2.41. The van der Waals surface area contributed by atoms with Crippen LogP contribution in [0.1, 0.15) is 37.3 Å². The minimum atomic E-state index is -1.49. The number of hydrogen-bond acceptors (Lipinski definition) is 8. The number of aliphatic hydroxyl groups is 2. The molecule has 38 heavy (non-hydrogen) atoms. The Bertz CT molecular complexity index is 1640. The minimum Gasteiger partial charge on any atom is -0.496 e. The first-order valence-electron chi connectivity index (χ1n) is 12.0. The number of rotatable bonds is 9. The third-order valence-electron chi connectivity index (χ3n) is 6.52. The van der Waals surface area contributed by atoms with Crippen molar-refractivity contribution in [2.45, 2.75) is 37.9 Å². The van der Waals surface area contributed by atoms with Crippen molar-refractivity contribution in [3.8, 4) is 11.5 Å². The van der Waals surface area contributed by atoms with Gasteiger partial charge in [-0.15, -0.1) is 0 Å². The molecule has 8 nitrogen and oxygen atoms in total. The lowest BCUT2D eigenvalue weighted by Gasteiger charge is -2.31. The van der Waals surface area contributed by atoms with Crippen LogP contribution in [0.3, 0.4) is 0 Å². The van der Waals surface area contributed by atoms with E-state index in [9.17, 15) is 19.8 Å². The van der Waals surface area contributed by atoms with Crippen LogP contribution in [0.2, 0.25) is 0 Å².